The van der Waals surface area contributed by atoms with Crippen LogP contribution in [-0.4, -0.2) is 173 Å². The molecule has 0 saturated heterocycles. The van der Waals surface area contributed by atoms with Crippen molar-refractivity contribution in [2.75, 3.05) is 110 Å². The lowest BCUT2D eigenvalue weighted by Crippen LogP contribution is -2.42. The third-order valence-electron chi connectivity index (χ3n) is 9.40. The van der Waals surface area contributed by atoms with Gasteiger partial charge in [-0.2, -0.15) is 0 Å². The summed E-state index contributed by atoms with van der Waals surface area (Å²) in [7, 11) is 6.02. The van der Waals surface area contributed by atoms with Crippen LogP contribution in [0.15, 0.2) is 96.7 Å². The molecule has 0 heterocycles. The summed E-state index contributed by atoms with van der Waals surface area (Å²) in [6, 6.07) is -20.7. The summed E-state index contributed by atoms with van der Waals surface area (Å²) < 4.78 is 687. The second-order valence-electron chi connectivity index (χ2n) is 15.3. The SMILES string of the molecule is [2H]c1c([2H])c(C([2H])(C([2H])([2H])N(C([2H])([2H])[2H])C([2H])([2H])[2H])C2(O)C([2H])([2H])C([2H])([2H])C([2H])([2H])C([2H])([2H])C2([2H])[2H])c([2H])c([2H])c1OC.[2H]c1c([2H])c(C([2H])(C([2H])([2H])N(C)C([2H])([2H])[2H])C2(O)C([2H])([2H])C([2H])([2H])C([2H])([2H])C([2H])([2H])C2([2H])[2H])c([2H])c([2H])c1OC.[2H]c1c([2H])c(C([2H])(C([2H])([2H])N(C)C)C2(O)C([2H])([2H])C([2H])([2H])C([2H])([2H])C([2H])([2H])C2([2H])[2H])c([2H])c([2H])c1OC.[2H]c1c([2H])c(C([2H])(CN(C([2H])([2H])[2H])C([2H])([2H])[2H])C2(O)C([2H])([2H])C([2H])([2H])C([2H])([2H])C([2H])([2H])C2([2H])[2H])c([2H])c([2H])c1OC. The van der Waals surface area contributed by atoms with Gasteiger partial charge in [-0.25, -0.2) is 0 Å². The molecule has 4 aliphatic carbocycles. The first kappa shape index (κ1) is 16.4. The van der Waals surface area contributed by atoms with Crippen molar-refractivity contribution in [2.45, 2.75) is 173 Å². The summed E-state index contributed by atoms with van der Waals surface area (Å²) >= 11 is 0. The van der Waals surface area contributed by atoms with E-state index in [4.69, 9.17) is 124 Å². The first-order chi connectivity index (χ1) is 69.9. The lowest BCUT2D eigenvalue weighted by atomic mass is 9.72. The summed E-state index contributed by atoms with van der Waals surface area (Å²) in [5.41, 5.74) is -25.7. The number of benzene rings is 4. The third-order valence-corrected chi connectivity index (χ3v) is 9.40. The second kappa shape index (κ2) is 32.6. The molecule has 4 fully saturated rings. The molecule has 448 valence electrons. The second-order valence-corrected chi connectivity index (χ2v) is 15.3. The van der Waals surface area contributed by atoms with Crippen LogP contribution < -0.4 is 18.9 Å². The highest BCUT2D eigenvalue weighted by atomic mass is 16.5. The first-order valence-corrected chi connectivity index (χ1v) is 21.9. The van der Waals surface area contributed by atoms with Crippen LogP contribution in [0.4, 0.5) is 0 Å². The minimum atomic E-state index is -5.11. The molecule has 80 heavy (non-hydrogen) atoms. The van der Waals surface area contributed by atoms with Crippen LogP contribution >= 0.6 is 0 Å². The molecule has 4 N–H and O–H groups in total. The van der Waals surface area contributed by atoms with E-state index >= 15 is 0 Å². The van der Waals surface area contributed by atoms with E-state index in [2.05, 4.69) is 0 Å². The van der Waals surface area contributed by atoms with E-state index in [1.54, 1.807) is 0 Å². The number of methoxy groups -OCH3 is 4. The fraction of sp³-hybridized carbons (Fsp3) is 0.647. The molecule has 0 aliphatic heterocycles. The Bertz CT molecular complexity index is 5990. The predicted octanol–water partition coefficient (Wildman–Crippen LogP) is 12.1. The molecule has 12 nitrogen and oxygen atoms in total. The molecule has 4 atom stereocenters. The summed E-state index contributed by atoms with van der Waals surface area (Å²) in [5.74, 6) is -20.7. The smallest absolute Gasteiger partial charge is 0.118 e. The van der Waals surface area contributed by atoms with Gasteiger partial charge >= 0.3 is 0 Å². The molecule has 0 spiro atoms. The van der Waals surface area contributed by atoms with Crippen LogP contribution in [0.2, 0.25) is 0 Å². The van der Waals surface area contributed by atoms with Crippen molar-refractivity contribution in [1.82, 2.24) is 19.6 Å². The Kier molecular flexibility index (Phi) is 6.67. The standard InChI is InChI=1S/4C17H27NO2/c4*1-18(2)13-16(17(19)11-5-4-6-12-17)14-7-9-15(20-3)10-8-14/h4*7-10,16,19H,4-6,11-13H2,1-3H3/i1D3,2D3,4D2,5D2,6D2,7D,8D,9D,10D,11D2,12D2,13D2,16D;1D3,4D2,5D2,6D2,7D,8D,9D,10D,11D2,12D2,13D2,16D;1D3,2D3,4D2,5D2,6D2,7D,8D,9D,10D,11D2,12D2,16D;4D2,5D2,6D2,7D,8D,9D,10D,11D2,12D2,13D2,16D. The van der Waals surface area contributed by atoms with Crippen molar-refractivity contribution < 1.29 is 150 Å². The fourth-order valence-corrected chi connectivity index (χ4v) is 5.88. The van der Waals surface area contributed by atoms with Gasteiger partial charge in [0.15, 0.2) is 0 Å². The third kappa shape index (κ3) is 20.0. The van der Waals surface area contributed by atoms with E-state index in [9.17, 15) is 25.9 Å². The van der Waals surface area contributed by atoms with E-state index in [1.807, 2.05) is 0 Å². The van der Waals surface area contributed by atoms with Crippen molar-refractivity contribution in [3.63, 3.8) is 0 Å². The van der Waals surface area contributed by atoms with Crippen LogP contribution in [0.3, 0.4) is 0 Å². The average molecular weight is 1190 g/mol. The van der Waals surface area contributed by atoms with Crippen molar-refractivity contribution >= 4 is 0 Å². The molecule has 8 rings (SSSR count). The Labute approximate surface area is 598 Å². The maximum atomic E-state index is 12.1. The molecule has 4 aromatic rings. The minimum absolute atomic E-state index is 0.304. The van der Waals surface area contributed by atoms with Crippen LogP contribution in [0.25, 0.3) is 0 Å². The summed E-state index contributed by atoms with van der Waals surface area (Å²) in [6.07, 6.45) is -86.9. The molecular weight excluding hydrogens is 1000 g/mol. The Morgan fingerprint density at radius 1 is 0.388 bits per heavy atom. The zero-order valence-electron chi connectivity index (χ0n) is 124. The van der Waals surface area contributed by atoms with Gasteiger partial charge in [0.1, 0.15) is 23.0 Å². The average Bonchev–Trinajstić information content (AvgIpc) is 0.638. The van der Waals surface area contributed by atoms with Gasteiger partial charge in [-0.05, 0) is 178 Å². The van der Waals surface area contributed by atoms with Gasteiger partial charge in [0.2, 0.25) is 0 Å². The number of ether oxygens (including phenoxy) is 4. The van der Waals surface area contributed by atoms with E-state index in [0.29, 0.717) is 11.9 Å². The maximum absolute atomic E-state index is 12.1. The van der Waals surface area contributed by atoms with Crippen LogP contribution in [0.1, 0.15) is 284 Å². The quantitative estimate of drug-likeness (QED) is 0.0672. The lowest BCUT2D eigenvalue weighted by Gasteiger charge is -2.40. The number of hydrogen-bond donors (Lipinski definition) is 4. The number of hydrogen-bond acceptors (Lipinski definition) is 12. The Hall–Kier alpha value is -4.24. The normalized spacial score (nSPS) is 50.2. The zero-order chi connectivity index (χ0) is 130. The maximum Gasteiger partial charge on any atom is 0.118 e. The van der Waals surface area contributed by atoms with Crippen molar-refractivity contribution in [3.8, 4) is 23.0 Å². The monoisotopic (exact) mass is 1190 g/mol. The minimum Gasteiger partial charge on any atom is -0.497 e. The molecule has 4 saturated carbocycles. The van der Waals surface area contributed by atoms with Crippen LogP contribution in [0.5, 0.6) is 23.0 Å². The number of rotatable bonds is 20. The van der Waals surface area contributed by atoms with Crippen molar-refractivity contribution in [3.05, 3.63) is 119 Å². The molecule has 0 radical (unpaired) electrons. The van der Waals surface area contributed by atoms with E-state index in [1.165, 1.54) is 0 Å². The van der Waals surface area contributed by atoms with Gasteiger partial charge in [0, 0.05) is 139 Å². The molecule has 0 aromatic heterocycles. The molecule has 0 amide bonds. The Morgan fingerprint density at radius 2 is 0.613 bits per heavy atom. The fourth-order valence-electron chi connectivity index (χ4n) is 5.88. The summed E-state index contributed by atoms with van der Waals surface area (Å²) in [5, 5.41) is 48.2. The van der Waals surface area contributed by atoms with E-state index < -0.39 is 386 Å². The molecule has 4 aromatic carbocycles. The highest BCUT2D eigenvalue weighted by Gasteiger charge is 2.42. The van der Waals surface area contributed by atoms with Gasteiger partial charge in [-0.15, -0.1) is 0 Å². The van der Waals surface area contributed by atoms with E-state index in [0.717, 1.165) is 42.5 Å². The van der Waals surface area contributed by atoms with Gasteiger partial charge in [0.25, 0.3) is 0 Å². The van der Waals surface area contributed by atoms with Gasteiger partial charge < -0.3 is 59.0 Å². The highest BCUT2D eigenvalue weighted by Crippen LogP contribution is 2.44. The van der Waals surface area contributed by atoms with Gasteiger partial charge in [-0.1, -0.05) is 125 Å². The number of likely N-dealkylation sites (N-methyl/N-ethyl adjacent to an activating group) is 4. The molecule has 4 unspecified atom stereocenters. The number of aliphatic hydroxyl groups is 4. The lowest BCUT2D eigenvalue weighted by molar-refractivity contribution is -0.0280. The zero-order valence-corrected chi connectivity index (χ0v) is 42.9. The summed E-state index contributed by atoms with van der Waals surface area (Å²) in [6.45, 7) is -34.2. The van der Waals surface area contributed by atoms with Crippen molar-refractivity contribution in [2.24, 2.45) is 0 Å². The Morgan fingerprint density at radius 3 is 0.850 bits per heavy atom. The Balaban J connectivity index is 0.000000376. The van der Waals surface area contributed by atoms with Crippen molar-refractivity contribution in [1.29, 1.82) is 0 Å². The predicted molar refractivity (Wildman–Crippen MR) is 329 cm³/mol. The van der Waals surface area contributed by atoms with E-state index in [-0.39, 0.29) is 4.90 Å². The molecule has 12 heteroatoms. The highest BCUT2D eigenvalue weighted by molar-refractivity contribution is 5.35. The first-order valence-electron chi connectivity index (χ1n) is 62.4. The summed E-state index contributed by atoms with van der Waals surface area (Å²) in [4.78, 5) is -1.42. The van der Waals surface area contributed by atoms with Crippen LogP contribution in [-0.2, 0) is 0 Å². The molecular formula is C68H108N4O8. The molecule has 0 bridgehead atoms. The van der Waals surface area contributed by atoms with Gasteiger partial charge in [-0.3, -0.25) is 0 Å². The topological polar surface area (TPSA) is 131 Å². The molecule has 4 aliphatic rings. The number of nitrogens with zero attached hydrogens (tertiary/aromatic N) is 4. The largest absolute Gasteiger partial charge is 0.497 e. The van der Waals surface area contributed by atoms with Crippen LogP contribution in [0, 0.1) is 0 Å². The van der Waals surface area contributed by atoms with Gasteiger partial charge in [0.05, 0.1) is 72.8 Å².